The lowest BCUT2D eigenvalue weighted by molar-refractivity contribution is 0.0676. The summed E-state index contributed by atoms with van der Waals surface area (Å²) in [4.78, 5) is 2.90. The highest BCUT2D eigenvalue weighted by molar-refractivity contribution is 5.01. The molecule has 2 heterocycles. The van der Waals surface area contributed by atoms with Gasteiger partial charge in [0.1, 0.15) is 0 Å². The van der Waals surface area contributed by atoms with E-state index in [4.69, 9.17) is 0 Å². The molecule has 2 bridgehead atoms. The summed E-state index contributed by atoms with van der Waals surface area (Å²) in [5, 5.41) is 3.75. The average molecular weight is 236 g/mol. The molecule has 3 fully saturated rings. The third-order valence-electron chi connectivity index (χ3n) is 5.25. The Labute approximate surface area is 106 Å². The number of nitrogens with zero attached hydrogens (tertiary/aromatic N) is 1. The van der Waals surface area contributed by atoms with Gasteiger partial charge in [0.15, 0.2) is 0 Å². The van der Waals surface area contributed by atoms with Gasteiger partial charge < -0.3 is 5.32 Å². The molecule has 1 aliphatic carbocycles. The maximum atomic E-state index is 3.75. The first-order valence-electron chi connectivity index (χ1n) is 7.80. The molecule has 1 N–H and O–H groups in total. The van der Waals surface area contributed by atoms with Gasteiger partial charge in [-0.15, -0.1) is 0 Å². The smallest absolute Gasteiger partial charge is 0.0116 e. The first-order chi connectivity index (χ1) is 8.29. The lowest BCUT2D eigenvalue weighted by atomic mass is 9.94. The van der Waals surface area contributed by atoms with Crippen molar-refractivity contribution in [1.82, 2.24) is 10.2 Å². The minimum atomic E-state index is 0.815. The summed E-state index contributed by atoms with van der Waals surface area (Å²) in [6, 6.07) is 3.49. The molecule has 0 amide bonds. The van der Waals surface area contributed by atoms with Crippen LogP contribution in [0, 0.1) is 5.92 Å². The standard InChI is InChI=1S/C15H28N2/c1-3-8-16-13-9-14-6-7-15(10-13)17(14)11(2)12-4-5-12/h11-16H,3-10H2,1-2H3. The molecule has 2 nitrogen and oxygen atoms in total. The number of rotatable bonds is 5. The second kappa shape index (κ2) is 4.89. The van der Waals surface area contributed by atoms with E-state index in [1.165, 1.54) is 51.5 Å². The summed E-state index contributed by atoms with van der Waals surface area (Å²) in [5.74, 6) is 1.04. The average Bonchev–Trinajstić information content (AvgIpc) is 3.13. The van der Waals surface area contributed by atoms with Crippen LogP contribution in [0.4, 0.5) is 0 Å². The molecule has 3 aliphatic rings. The van der Waals surface area contributed by atoms with Gasteiger partial charge in [-0.05, 0) is 64.3 Å². The molecule has 17 heavy (non-hydrogen) atoms. The summed E-state index contributed by atoms with van der Waals surface area (Å²) in [5.41, 5.74) is 0. The van der Waals surface area contributed by atoms with E-state index >= 15 is 0 Å². The van der Waals surface area contributed by atoms with Gasteiger partial charge in [-0.3, -0.25) is 4.90 Å². The Morgan fingerprint density at radius 3 is 2.29 bits per heavy atom. The number of hydrogen-bond acceptors (Lipinski definition) is 2. The first-order valence-corrected chi connectivity index (χ1v) is 7.80. The Bertz CT molecular complexity index is 248. The van der Waals surface area contributed by atoms with Gasteiger partial charge in [-0.1, -0.05) is 6.92 Å². The zero-order valence-electron chi connectivity index (χ0n) is 11.5. The summed E-state index contributed by atoms with van der Waals surface area (Å²) in [6.07, 6.45) is 10.0. The van der Waals surface area contributed by atoms with E-state index in [2.05, 4.69) is 24.1 Å². The number of piperidine rings is 1. The minimum Gasteiger partial charge on any atom is -0.314 e. The maximum Gasteiger partial charge on any atom is 0.0116 e. The predicted molar refractivity (Wildman–Crippen MR) is 72.2 cm³/mol. The van der Waals surface area contributed by atoms with Crippen LogP contribution in [0.3, 0.4) is 0 Å². The van der Waals surface area contributed by atoms with Crippen molar-refractivity contribution in [3.05, 3.63) is 0 Å². The van der Waals surface area contributed by atoms with E-state index in [9.17, 15) is 0 Å². The van der Waals surface area contributed by atoms with Crippen LogP contribution in [0.2, 0.25) is 0 Å². The van der Waals surface area contributed by atoms with E-state index in [-0.39, 0.29) is 0 Å². The van der Waals surface area contributed by atoms with Crippen LogP contribution in [-0.4, -0.2) is 35.6 Å². The maximum absolute atomic E-state index is 3.75. The van der Waals surface area contributed by atoms with Crippen LogP contribution < -0.4 is 5.32 Å². The van der Waals surface area contributed by atoms with Gasteiger partial charge in [0.2, 0.25) is 0 Å². The second-order valence-electron chi connectivity index (χ2n) is 6.53. The zero-order valence-corrected chi connectivity index (χ0v) is 11.5. The monoisotopic (exact) mass is 236 g/mol. The highest BCUT2D eigenvalue weighted by Crippen LogP contribution is 2.43. The molecule has 0 aromatic rings. The Morgan fingerprint density at radius 2 is 1.76 bits per heavy atom. The van der Waals surface area contributed by atoms with Gasteiger partial charge in [-0.2, -0.15) is 0 Å². The molecular weight excluding hydrogens is 208 g/mol. The Morgan fingerprint density at radius 1 is 1.12 bits per heavy atom. The van der Waals surface area contributed by atoms with Crippen molar-refractivity contribution in [1.29, 1.82) is 0 Å². The molecule has 98 valence electrons. The van der Waals surface area contributed by atoms with E-state index in [0.29, 0.717) is 0 Å². The summed E-state index contributed by atoms with van der Waals surface area (Å²) < 4.78 is 0. The van der Waals surface area contributed by atoms with Crippen molar-refractivity contribution in [3.8, 4) is 0 Å². The highest BCUT2D eigenvalue weighted by Gasteiger charge is 2.45. The quantitative estimate of drug-likeness (QED) is 0.789. The molecule has 0 aromatic carbocycles. The fourth-order valence-electron chi connectivity index (χ4n) is 4.22. The topological polar surface area (TPSA) is 15.3 Å². The van der Waals surface area contributed by atoms with E-state index in [0.717, 1.165) is 30.1 Å². The van der Waals surface area contributed by atoms with Crippen LogP contribution >= 0.6 is 0 Å². The molecular formula is C15H28N2. The third kappa shape index (κ3) is 2.39. The van der Waals surface area contributed by atoms with Crippen molar-refractivity contribution in [3.63, 3.8) is 0 Å². The van der Waals surface area contributed by atoms with Crippen LogP contribution in [0.1, 0.15) is 58.8 Å². The van der Waals surface area contributed by atoms with E-state index < -0.39 is 0 Å². The summed E-state index contributed by atoms with van der Waals surface area (Å²) in [7, 11) is 0. The van der Waals surface area contributed by atoms with Crippen molar-refractivity contribution < 1.29 is 0 Å². The molecule has 0 aromatic heterocycles. The van der Waals surface area contributed by atoms with E-state index in [1.54, 1.807) is 0 Å². The molecule has 3 unspecified atom stereocenters. The predicted octanol–water partition coefficient (Wildman–Crippen LogP) is 2.78. The van der Waals surface area contributed by atoms with Gasteiger partial charge >= 0.3 is 0 Å². The molecule has 2 aliphatic heterocycles. The molecule has 3 atom stereocenters. The molecule has 0 spiro atoms. The number of nitrogens with one attached hydrogen (secondary N) is 1. The third-order valence-corrected chi connectivity index (χ3v) is 5.25. The molecule has 0 radical (unpaired) electrons. The Kier molecular flexibility index (Phi) is 3.45. The van der Waals surface area contributed by atoms with Crippen molar-refractivity contribution in [2.75, 3.05) is 6.54 Å². The number of hydrogen-bond donors (Lipinski definition) is 1. The number of fused-ring (bicyclic) bond motifs is 2. The van der Waals surface area contributed by atoms with Crippen molar-refractivity contribution in [2.45, 2.75) is 83.0 Å². The molecule has 1 saturated carbocycles. The second-order valence-corrected chi connectivity index (χ2v) is 6.53. The van der Waals surface area contributed by atoms with Crippen LogP contribution in [-0.2, 0) is 0 Å². The Balaban J connectivity index is 1.59. The summed E-state index contributed by atoms with van der Waals surface area (Å²) >= 11 is 0. The van der Waals surface area contributed by atoms with Crippen LogP contribution in [0.25, 0.3) is 0 Å². The van der Waals surface area contributed by atoms with Crippen molar-refractivity contribution >= 4 is 0 Å². The molecule has 2 saturated heterocycles. The fraction of sp³-hybridized carbons (Fsp3) is 1.00. The normalized spacial score (nSPS) is 39.5. The van der Waals surface area contributed by atoms with E-state index in [1.807, 2.05) is 0 Å². The molecule has 2 heteroatoms. The van der Waals surface area contributed by atoms with Gasteiger partial charge in [0.25, 0.3) is 0 Å². The minimum absolute atomic E-state index is 0.815. The highest BCUT2D eigenvalue weighted by atomic mass is 15.3. The van der Waals surface area contributed by atoms with Gasteiger partial charge in [-0.25, -0.2) is 0 Å². The largest absolute Gasteiger partial charge is 0.314 e. The fourth-order valence-corrected chi connectivity index (χ4v) is 4.22. The SMILES string of the molecule is CCCNC1CC2CCC(C1)N2C(C)C1CC1. The Hall–Kier alpha value is -0.0800. The van der Waals surface area contributed by atoms with Gasteiger partial charge in [0.05, 0.1) is 0 Å². The molecule has 3 rings (SSSR count). The van der Waals surface area contributed by atoms with Crippen LogP contribution in [0.15, 0.2) is 0 Å². The lowest BCUT2D eigenvalue weighted by Gasteiger charge is -2.43. The first kappa shape index (κ1) is 12.0. The van der Waals surface area contributed by atoms with Gasteiger partial charge in [0, 0.05) is 24.2 Å². The van der Waals surface area contributed by atoms with Crippen LogP contribution in [0.5, 0.6) is 0 Å². The lowest BCUT2D eigenvalue weighted by Crippen LogP contribution is -2.52. The zero-order chi connectivity index (χ0) is 11.8. The van der Waals surface area contributed by atoms with Crippen molar-refractivity contribution in [2.24, 2.45) is 5.92 Å². The summed E-state index contributed by atoms with van der Waals surface area (Å²) in [6.45, 7) is 5.97.